The van der Waals surface area contributed by atoms with Crippen LogP contribution < -0.4 is 0 Å². The zero-order valence-electron chi connectivity index (χ0n) is 17.0. The summed E-state index contributed by atoms with van der Waals surface area (Å²) in [5, 5.41) is 38.8. The summed E-state index contributed by atoms with van der Waals surface area (Å²) in [7, 11) is 0. The number of aliphatic hydroxyl groups excluding tert-OH is 2. The lowest BCUT2D eigenvalue weighted by molar-refractivity contribution is -0.137. The highest BCUT2D eigenvalue weighted by molar-refractivity contribution is 5.84. The Kier molecular flexibility index (Phi) is 8.86. The van der Waals surface area contributed by atoms with E-state index in [0.717, 1.165) is 30.4 Å². The first kappa shape index (κ1) is 23.1. The molecule has 1 aromatic carbocycles. The summed E-state index contributed by atoms with van der Waals surface area (Å²) < 4.78 is 0. The Labute approximate surface area is 171 Å². The maximum atomic E-state index is 12.3. The van der Waals surface area contributed by atoms with Gasteiger partial charge in [0.15, 0.2) is 0 Å². The maximum Gasteiger partial charge on any atom is 0.303 e. The van der Waals surface area contributed by atoms with Gasteiger partial charge < -0.3 is 20.4 Å². The number of carbonyl (C=O) groups is 2. The Morgan fingerprint density at radius 3 is 2.66 bits per heavy atom. The summed E-state index contributed by atoms with van der Waals surface area (Å²) >= 11 is 0. The Balaban J connectivity index is 1.85. The van der Waals surface area contributed by atoms with E-state index in [1.54, 1.807) is 31.2 Å². The van der Waals surface area contributed by atoms with Gasteiger partial charge in [-0.3, -0.25) is 9.59 Å². The van der Waals surface area contributed by atoms with Gasteiger partial charge in [-0.15, -0.1) is 0 Å². The van der Waals surface area contributed by atoms with Crippen molar-refractivity contribution in [3.63, 3.8) is 0 Å². The van der Waals surface area contributed by atoms with Crippen molar-refractivity contribution in [1.82, 2.24) is 0 Å². The van der Waals surface area contributed by atoms with E-state index in [1.807, 2.05) is 6.07 Å². The number of aliphatic carboxylic acids is 1. The van der Waals surface area contributed by atoms with Crippen LogP contribution in [0.15, 0.2) is 30.4 Å². The van der Waals surface area contributed by atoms with Gasteiger partial charge in [-0.25, -0.2) is 0 Å². The summed E-state index contributed by atoms with van der Waals surface area (Å²) in [6.45, 7) is 1.80. The van der Waals surface area contributed by atoms with Crippen LogP contribution in [0.2, 0.25) is 0 Å². The smallest absolute Gasteiger partial charge is 0.303 e. The SMILES string of the molecule is Cc1cc(C[C@H](O)C=C[C@H]2[C@H](O)CC(=O)[C@@H]2CCCCCCC(=O)O)ccc1O. The van der Waals surface area contributed by atoms with Crippen LogP contribution in [0, 0.1) is 18.8 Å². The number of hydrogen-bond donors (Lipinski definition) is 4. The molecular formula is C23H32O6. The van der Waals surface area contributed by atoms with Gasteiger partial charge in [0.25, 0.3) is 0 Å². The lowest BCUT2D eigenvalue weighted by Gasteiger charge is -2.18. The Morgan fingerprint density at radius 1 is 1.24 bits per heavy atom. The molecule has 1 fully saturated rings. The molecule has 4 N–H and O–H groups in total. The second kappa shape index (κ2) is 11.1. The molecule has 1 saturated carbocycles. The van der Waals surface area contributed by atoms with Crippen molar-refractivity contribution in [2.75, 3.05) is 0 Å². The van der Waals surface area contributed by atoms with Crippen molar-refractivity contribution in [3.8, 4) is 5.75 Å². The van der Waals surface area contributed by atoms with Crippen LogP contribution >= 0.6 is 0 Å². The molecule has 0 aliphatic heterocycles. The number of hydrogen-bond acceptors (Lipinski definition) is 5. The lowest BCUT2D eigenvalue weighted by atomic mass is 9.88. The number of ketones is 1. The molecule has 0 unspecified atom stereocenters. The molecule has 6 nitrogen and oxygen atoms in total. The number of benzene rings is 1. The monoisotopic (exact) mass is 404 g/mol. The molecule has 0 bridgehead atoms. The molecular weight excluding hydrogens is 372 g/mol. The number of aliphatic hydroxyl groups is 2. The third-order valence-electron chi connectivity index (χ3n) is 5.65. The number of phenols is 1. The van der Waals surface area contributed by atoms with Gasteiger partial charge in [-0.1, -0.05) is 43.5 Å². The molecule has 1 aliphatic rings. The largest absolute Gasteiger partial charge is 0.508 e. The Bertz CT molecular complexity index is 726. The molecule has 1 aromatic rings. The first-order valence-corrected chi connectivity index (χ1v) is 10.4. The second-order valence-electron chi connectivity index (χ2n) is 8.05. The lowest BCUT2D eigenvalue weighted by Crippen LogP contribution is -2.19. The fourth-order valence-corrected chi connectivity index (χ4v) is 4.00. The first-order valence-electron chi connectivity index (χ1n) is 10.4. The number of carboxylic acids is 1. The number of carbonyl (C=O) groups excluding carboxylic acids is 1. The number of phenolic OH excluding ortho intramolecular Hbond substituents is 1. The molecule has 0 radical (unpaired) electrons. The topological polar surface area (TPSA) is 115 Å². The van der Waals surface area contributed by atoms with Crippen LogP contribution in [-0.4, -0.2) is 44.4 Å². The van der Waals surface area contributed by atoms with E-state index in [9.17, 15) is 24.9 Å². The van der Waals surface area contributed by atoms with Crippen LogP contribution in [0.25, 0.3) is 0 Å². The van der Waals surface area contributed by atoms with Gasteiger partial charge in [0.2, 0.25) is 0 Å². The highest BCUT2D eigenvalue weighted by Crippen LogP contribution is 2.34. The van der Waals surface area contributed by atoms with Crippen molar-refractivity contribution in [3.05, 3.63) is 41.5 Å². The quantitative estimate of drug-likeness (QED) is 0.333. The molecule has 0 heterocycles. The molecule has 29 heavy (non-hydrogen) atoms. The van der Waals surface area contributed by atoms with Gasteiger partial charge >= 0.3 is 5.97 Å². The highest BCUT2D eigenvalue weighted by Gasteiger charge is 2.39. The van der Waals surface area contributed by atoms with E-state index in [4.69, 9.17) is 5.11 Å². The first-order chi connectivity index (χ1) is 13.8. The van der Waals surface area contributed by atoms with Crippen LogP contribution in [0.3, 0.4) is 0 Å². The molecule has 0 saturated heterocycles. The third-order valence-corrected chi connectivity index (χ3v) is 5.65. The predicted octanol–water partition coefficient (Wildman–Crippen LogP) is 3.15. The maximum absolute atomic E-state index is 12.3. The standard InChI is InChI=1S/C23H32O6/c1-15-12-16(8-11-20(15)25)13-17(24)9-10-19-18(21(26)14-22(19)27)6-4-2-3-5-7-23(28)29/h8-12,17-19,22,24-25,27H,2-7,13-14H2,1H3,(H,28,29)/t17-,18-,19-,22-/m1/s1. The van der Waals surface area contributed by atoms with E-state index < -0.39 is 18.2 Å². The number of unbranched alkanes of at least 4 members (excludes halogenated alkanes) is 3. The molecule has 0 amide bonds. The minimum Gasteiger partial charge on any atom is -0.508 e. The highest BCUT2D eigenvalue weighted by atomic mass is 16.4. The van der Waals surface area contributed by atoms with Crippen molar-refractivity contribution in [2.24, 2.45) is 11.8 Å². The average molecular weight is 405 g/mol. The second-order valence-corrected chi connectivity index (χ2v) is 8.05. The van der Waals surface area contributed by atoms with Gasteiger partial charge in [0, 0.05) is 31.1 Å². The zero-order valence-corrected chi connectivity index (χ0v) is 17.0. The summed E-state index contributed by atoms with van der Waals surface area (Å²) in [6.07, 6.45) is 6.48. The number of aryl methyl sites for hydroxylation is 1. The molecule has 0 aromatic heterocycles. The van der Waals surface area contributed by atoms with Crippen molar-refractivity contribution in [2.45, 2.75) is 70.5 Å². The minimum atomic E-state index is -0.787. The van der Waals surface area contributed by atoms with E-state index in [1.165, 1.54) is 0 Å². The number of rotatable bonds is 11. The van der Waals surface area contributed by atoms with Crippen LogP contribution in [0.5, 0.6) is 5.75 Å². The van der Waals surface area contributed by atoms with Crippen molar-refractivity contribution in [1.29, 1.82) is 0 Å². The van der Waals surface area contributed by atoms with E-state index >= 15 is 0 Å². The van der Waals surface area contributed by atoms with Crippen molar-refractivity contribution >= 4 is 11.8 Å². The van der Waals surface area contributed by atoms with Gasteiger partial charge in [-0.2, -0.15) is 0 Å². The molecule has 4 atom stereocenters. The zero-order chi connectivity index (χ0) is 21.4. The molecule has 1 aliphatic carbocycles. The Morgan fingerprint density at radius 2 is 1.97 bits per heavy atom. The van der Waals surface area contributed by atoms with Crippen LogP contribution in [-0.2, 0) is 16.0 Å². The van der Waals surface area contributed by atoms with Crippen LogP contribution in [0.1, 0.15) is 56.1 Å². The number of aromatic hydroxyl groups is 1. The summed E-state index contributed by atoms with van der Waals surface area (Å²) in [6, 6.07) is 5.20. The molecule has 160 valence electrons. The summed E-state index contributed by atoms with van der Waals surface area (Å²) in [5.41, 5.74) is 1.65. The number of Topliss-reactive ketones (excluding diaryl/α,β-unsaturated/α-hetero) is 1. The number of carboxylic acid groups (broad SMARTS) is 1. The molecule has 2 rings (SSSR count). The van der Waals surface area contributed by atoms with Gasteiger partial charge in [0.1, 0.15) is 11.5 Å². The molecule has 0 spiro atoms. The van der Waals surface area contributed by atoms with Gasteiger partial charge in [-0.05, 0) is 37.0 Å². The predicted molar refractivity (Wildman–Crippen MR) is 110 cm³/mol. The van der Waals surface area contributed by atoms with E-state index in [-0.39, 0.29) is 36.2 Å². The average Bonchev–Trinajstić information content (AvgIpc) is 2.92. The van der Waals surface area contributed by atoms with Crippen molar-refractivity contribution < 1.29 is 30.0 Å². The fourth-order valence-electron chi connectivity index (χ4n) is 4.00. The Hall–Kier alpha value is -2.18. The summed E-state index contributed by atoms with van der Waals surface area (Å²) in [4.78, 5) is 22.8. The van der Waals surface area contributed by atoms with E-state index in [0.29, 0.717) is 19.3 Å². The fraction of sp³-hybridized carbons (Fsp3) is 0.565. The minimum absolute atomic E-state index is 0.0568. The van der Waals surface area contributed by atoms with Gasteiger partial charge in [0.05, 0.1) is 12.2 Å². The normalized spacial score (nSPS) is 23.0. The third kappa shape index (κ3) is 7.29. The summed E-state index contributed by atoms with van der Waals surface area (Å²) in [5.74, 6) is -1.05. The van der Waals surface area contributed by atoms with E-state index in [2.05, 4.69) is 0 Å². The molecule has 6 heteroatoms. The van der Waals surface area contributed by atoms with Crippen LogP contribution in [0.4, 0.5) is 0 Å².